The number of carbonyl (C=O) groups is 1. The molecule has 0 unspecified atom stereocenters. The van der Waals surface area contributed by atoms with E-state index in [9.17, 15) is 4.79 Å². The summed E-state index contributed by atoms with van der Waals surface area (Å²) in [6, 6.07) is 15.9. The smallest absolute Gasteiger partial charge is 0.244 e. The van der Waals surface area contributed by atoms with E-state index in [1.807, 2.05) is 56.6 Å². The van der Waals surface area contributed by atoms with Crippen LogP contribution in [0.1, 0.15) is 17.2 Å². The van der Waals surface area contributed by atoms with Crippen LogP contribution in [0.3, 0.4) is 0 Å². The highest BCUT2D eigenvalue weighted by Crippen LogP contribution is 2.29. The van der Waals surface area contributed by atoms with Crippen LogP contribution in [-0.2, 0) is 11.3 Å². The SMILES string of the molecule is COc1ccc(CN2CCN([C@H](C(=O)N(C)C)c3ccccc3)CC2)cc1OC. The van der Waals surface area contributed by atoms with Gasteiger partial charge < -0.3 is 14.4 Å². The van der Waals surface area contributed by atoms with Crippen molar-refractivity contribution in [2.24, 2.45) is 0 Å². The molecule has 0 aliphatic carbocycles. The second-order valence-electron chi connectivity index (χ2n) is 7.55. The van der Waals surface area contributed by atoms with E-state index in [0.717, 1.165) is 49.8 Å². The van der Waals surface area contributed by atoms with E-state index in [-0.39, 0.29) is 11.9 Å². The number of benzene rings is 2. The fourth-order valence-corrected chi connectivity index (χ4v) is 3.81. The molecule has 0 aromatic heterocycles. The van der Waals surface area contributed by atoms with Crippen LogP contribution in [0.4, 0.5) is 0 Å². The molecule has 0 N–H and O–H groups in total. The average molecular weight is 398 g/mol. The molecule has 1 aliphatic rings. The lowest BCUT2D eigenvalue weighted by molar-refractivity contribution is -0.135. The van der Waals surface area contributed by atoms with Gasteiger partial charge in [-0.3, -0.25) is 14.6 Å². The van der Waals surface area contributed by atoms with Gasteiger partial charge in [-0.2, -0.15) is 0 Å². The third-order valence-electron chi connectivity index (χ3n) is 5.42. The molecule has 1 atom stereocenters. The molecule has 1 amide bonds. The molecule has 1 aliphatic heterocycles. The minimum absolute atomic E-state index is 0.129. The summed E-state index contributed by atoms with van der Waals surface area (Å²) in [7, 11) is 6.96. The quantitative estimate of drug-likeness (QED) is 0.719. The van der Waals surface area contributed by atoms with Crippen LogP contribution in [0.5, 0.6) is 11.5 Å². The number of amides is 1. The van der Waals surface area contributed by atoms with Crippen LogP contribution in [0.25, 0.3) is 0 Å². The zero-order valence-electron chi connectivity index (χ0n) is 17.8. The molecule has 0 radical (unpaired) electrons. The first-order valence-electron chi connectivity index (χ1n) is 9.97. The number of piperazine rings is 1. The van der Waals surface area contributed by atoms with Gasteiger partial charge in [0.25, 0.3) is 0 Å². The van der Waals surface area contributed by atoms with Crippen molar-refractivity contribution in [2.45, 2.75) is 12.6 Å². The van der Waals surface area contributed by atoms with Crippen LogP contribution in [-0.4, -0.2) is 75.1 Å². The number of ether oxygens (including phenoxy) is 2. The lowest BCUT2D eigenvalue weighted by Crippen LogP contribution is -2.50. The van der Waals surface area contributed by atoms with E-state index in [4.69, 9.17) is 9.47 Å². The Morgan fingerprint density at radius 3 is 2.21 bits per heavy atom. The summed E-state index contributed by atoms with van der Waals surface area (Å²) in [5.41, 5.74) is 2.25. The maximum absolute atomic E-state index is 12.9. The highest BCUT2D eigenvalue weighted by molar-refractivity contribution is 5.82. The minimum Gasteiger partial charge on any atom is -0.493 e. The molecule has 1 fully saturated rings. The van der Waals surface area contributed by atoms with Gasteiger partial charge in [0.05, 0.1) is 14.2 Å². The summed E-state index contributed by atoms with van der Waals surface area (Å²) < 4.78 is 10.7. The van der Waals surface area contributed by atoms with Gasteiger partial charge in [0.2, 0.25) is 5.91 Å². The van der Waals surface area contributed by atoms with Crippen LogP contribution in [0.2, 0.25) is 0 Å². The molecule has 2 aromatic carbocycles. The van der Waals surface area contributed by atoms with E-state index in [1.165, 1.54) is 5.56 Å². The third-order valence-corrected chi connectivity index (χ3v) is 5.42. The fourth-order valence-electron chi connectivity index (χ4n) is 3.81. The maximum atomic E-state index is 12.9. The number of nitrogens with zero attached hydrogens (tertiary/aromatic N) is 3. The van der Waals surface area contributed by atoms with Crippen molar-refractivity contribution < 1.29 is 14.3 Å². The first kappa shape index (κ1) is 21.1. The number of rotatable bonds is 7. The Kier molecular flexibility index (Phi) is 7.12. The molecule has 1 heterocycles. The van der Waals surface area contributed by atoms with Crippen molar-refractivity contribution in [1.29, 1.82) is 0 Å². The second kappa shape index (κ2) is 9.76. The summed E-state index contributed by atoms with van der Waals surface area (Å²) in [6.07, 6.45) is 0. The summed E-state index contributed by atoms with van der Waals surface area (Å²) in [5.74, 6) is 1.63. The Labute approximate surface area is 173 Å². The van der Waals surface area contributed by atoms with Crippen molar-refractivity contribution >= 4 is 5.91 Å². The highest BCUT2D eigenvalue weighted by atomic mass is 16.5. The molecule has 3 rings (SSSR count). The lowest BCUT2D eigenvalue weighted by Gasteiger charge is -2.39. The summed E-state index contributed by atoms with van der Waals surface area (Å²) in [6.45, 7) is 4.39. The first-order chi connectivity index (χ1) is 14.0. The summed E-state index contributed by atoms with van der Waals surface area (Å²) >= 11 is 0. The van der Waals surface area contributed by atoms with Crippen LogP contribution >= 0.6 is 0 Å². The van der Waals surface area contributed by atoms with Gasteiger partial charge in [0.15, 0.2) is 11.5 Å². The molecular formula is C23H31N3O3. The molecular weight excluding hydrogens is 366 g/mol. The Hall–Kier alpha value is -2.57. The van der Waals surface area contributed by atoms with Crippen molar-refractivity contribution in [3.8, 4) is 11.5 Å². The normalized spacial score (nSPS) is 16.3. The van der Waals surface area contributed by atoms with E-state index >= 15 is 0 Å². The zero-order valence-corrected chi connectivity index (χ0v) is 17.8. The Morgan fingerprint density at radius 2 is 1.62 bits per heavy atom. The van der Waals surface area contributed by atoms with Crippen molar-refractivity contribution in [2.75, 3.05) is 54.5 Å². The number of hydrogen-bond donors (Lipinski definition) is 0. The van der Waals surface area contributed by atoms with Gasteiger partial charge in [-0.25, -0.2) is 0 Å². The van der Waals surface area contributed by atoms with E-state index in [0.29, 0.717) is 0 Å². The van der Waals surface area contributed by atoms with Crippen LogP contribution in [0.15, 0.2) is 48.5 Å². The van der Waals surface area contributed by atoms with Crippen molar-refractivity contribution in [3.05, 3.63) is 59.7 Å². The Balaban J connectivity index is 1.66. The number of likely N-dealkylation sites (N-methyl/N-ethyl adjacent to an activating group) is 1. The molecule has 0 saturated carbocycles. The van der Waals surface area contributed by atoms with E-state index in [1.54, 1.807) is 19.1 Å². The molecule has 156 valence electrons. The summed E-state index contributed by atoms with van der Waals surface area (Å²) in [4.78, 5) is 19.3. The largest absolute Gasteiger partial charge is 0.493 e. The van der Waals surface area contributed by atoms with Crippen molar-refractivity contribution in [1.82, 2.24) is 14.7 Å². The predicted molar refractivity (Wildman–Crippen MR) is 114 cm³/mol. The number of carbonyl (C=O) groups excluding carboxylic acids is 1. The third kappa shape index (κ3) is 5.08. The van der Waals surface area contributed by atoms with E-state index < -0.39 is 0 Å². The molecule has 29 heavy (non-hydrogen) atoms. The topological polar surface area (TPSA) is 45.2 Å². The zero-order chi connectivity index (χ0) is 20.8. The first-order valence-corrected chi connectivity index (χ1v) is 9.97. The van der Waals surface area contributed by atoms with Gasteiger partial charge >= 0.3 is 0 Å². The van der Waals surface area contributed by atoms with Crippen LogP contribution in [0, 0.1) is 0 Å². The molecule has 6 heteroatoms. The van der Waals surface area contributed by atoms with Gasteiger partial charge in [-0.05, 0) is 23.3 Å². The van der Waals surface area contributed by atoms with Crippen molar-refractivity contribution in [3.63, 3.8) is 0 Å². The lowest BCUT2D eigenvalue weighted by atomic mass is 10.0. The number of hydrogen-bond acceptors (Lipinski definition) is 5. The molecule has 0 bridgehead atoms. The average Bonchev–Trinajstić information content (AvgIpc) is 2.75. The maximum Gasteiger partial charge on any atom is 0.244 e. The Bertz CT molecular complexity index is 802. The van der Waals surface area contributed by atoms with Gasteiger partial charge in [0, 0.05) is 46.8 Å². The highest BCUT2D eigenvalue weighted by Gasteiger charge is 2.31. The predicted octanol–water partition coefficient (Wildman–Crippen LogP) is 2.65. The number of methoxy groups -OCH3 is 2. The van der Waals surface area contributed by atoms with Gasteiger partial charge in [-0.1, -0.05) is 36.4 Å². The van der Waals surface area contributed by atoms with Gasteiger partial charge in [-0.15, -0.1) is 0 Å². The Morgan fingerprint density at radius 1 is 0.966 bits per heavy atom. The molecule has 1 saturated heterocycles. The standard InChI is InChI=1S/C23H31N3O3/c1-24(2)23(27)22(19-8-6-5-7-9-19)26-14-12-25(13-15-26)17-18-10-11-20(28-3)21(16-18)29-4/h5-11,16,22H,12-15,17H2,1-4H3/t22-/m0/s1. The molecule has 0 spiro atoms. The van der Waals surface area contributed by atoms with Gasteiger partial charge in [0.1, 0.15) is 6.04 Å². The monoisotopic (exact) mass is 397 g/mol. The second-order valence-corrected chi connectivity index (χ2v) is 7.55. The fraction of sp³-hybridized carbons (Fsp3) is 0.435. The van der Waals surface area contributed by atoms with Crippen LogP contribution < -0.4 is 9.47 Å². The van der Waals surface area contributed by atoms with E-state index in [2.05, 4.69) is 15.9 Å². The summed E-state index contributed by atoms with van der Waals surface area (Å²) in [5, 5.41) is 0. The minimum atomic E-state index is -0.227. The molecule has 2 aromatic rings. The molecule has 6 nitrogen and oxygen atoms in total.